The Hall–Kier alpha value is -1.79. The number of methoxy groups -OCH3 is 2. The van der Waals surface area contributed by atoms with Gasteiger partial charge in [-0.15, -0.1) is 0 Å². The molecule has 0 spiro atoms. The predicted octanol–water partition coefficient (Wildman–Crippen LogP) is 1.23. The summed E-state index contributed by atoms with van der Waals surface area (Å²) in [4.78, 5) is 14.2. The van der Waals surface area contributed by atoms with Crippen LogP contribution in [0.4, 0.5) is 0 Å². The van der Waals surface area contributed by atoms with Crippen molar-refractivity contribution in [1.29, 1.82) is 0 Å². The molecule has 0 saturated carbocycles. The molecule has 6 heteroatoms. The molecule has 0 aromatic heterocycles. The van der Waals surface area contributed by atoms with Gasteiger partial charge in [0.2, 0.25) is 5.91 Å². The van der Waals surface area contributed by atoms with Crippen LogP contribution in [0.3, 0.4) is 0 Å². The van der Waals surface area contributed by atoms with E-state index in [-0.39, 0.29) is 24.0 Å². The maximum Gasteiger partial charge on any atom is 0.220 e. The van der Waals surface area contributed by atoms with Crippen LogP contribution in [0, 0.1) is 0 Å². The van der Waals surface area contributed by atoms with Crippen molar-refractivity contribution in [2.45, 2.75) is 44.3 Å². The number of rotatable bonds is 4. The predicted molar refractivity (Wildman–Crippen MR) is 92.4 cm³/mol. The molecule has 1 aromatic carbocycles. The van der Waals surface area contributed by atoms with Crippen LogP contribution in [0.2, 0.25) is 0 Å². The van der Waals surface area contributed by atoms with Gasteiger partial charge in [-0.25, -0.2) is 0 Å². The van der Waals surface area contributed by atoms with Gasteiger partial charge in [0, 0.05) is 31.6 Å². The van der Waals surface area contributed by atoms with Gasteiger partial charge in [-0.3, -0.25) is 9.69 Å². The molecule has 24 heavy (non-hydrogen) atoms. The lowest BCUT2D eigenvalue weighted by atomic mass is 9.83. The second-order valence-electron chi connectivity index (χ2n) is 6.59. The summed E-state index contributed by atoms with van der Waals surface area (Å²) < 4.78 is 10.9. The number of nitrogens with one attached hydrogen (secondary N) is 1. The second-order valence-corrected chi connectivity index (χ2v) is 6.59. The maximum absolute atomic E-state index is 11.7. The highest BCUT2D eigenvalue weighted by molar-refractivity contribution is 5.76. The minimum atomic E-state index is -0.0409. The lowest BCUT2D eigenvalue weighted by molar-refractivity contribution is -0.122. The molecule has 3 atom stereocenters. The standard InChI is InChI=1S/C18H27N3O3/c1-4-18(22)20-14-10-21-6-5-11-7-16(23-2)17(24-3)8-12(11)15(21)9-13(14)19/h7-8,13-15H,4-6,9-10,19H2,1-3H3,(H,20,22). The molecule has 3 rings (SSSR count). The van der Waals surface area contributed by atoms with Crippen LogP contribution in [0.25, 0.3) is 0 Å². The van der Waals surface area contributed by atoms with Gasteiger partial charge in [-0.05, 0) is 36.1 Å². The van der Waals surface area contributed by atoms with E-state index in [0.29, 0.717) is 6.42 Å². The van der Waals surface area contributed by atoms with Gasteiger partial charge < -0.3 is 20.5 Å². The third-order valence-corrected chi connectivity index (χ3v) is 5.22. The summed E-state index contributed by atoms with van der Waals surface area (Å²) in [5, 5.41) is 3.07. The van der Waals surface area contributed by atoms with Crippen molar-refractivity contribution < 1.29 is 14.3 Å². The van der Waals surface area contributed by atoms with E-state index >= 15 is 0 Å². The fraction of sp³-hybridized carbons (Fsp3) is 0.611. The molecule has 2 heterocycles. The third-order valence-electron chi connectivity index (χ3n) is 5.22. The van der Waals surface area contributed by atoms with Crippen molar-refractivity contribution in [3.8, 4) is 11.5 Å². The fourth-order valence-corrected chi connectivity index (χ4v) is 3.85. The van der Waals surface area contributed by atoms with Gasteiger partial charge in [0.25, 0.3) is 0 Å². The Morgan fingerprint density at radius 2 is 2.04 bits per heavy atom. The Balaban J connectivity index is 1.84. The van der Waals surface area contributed by atoms with Gasteiger partial charge in [0.1, 0.15) is 0 Å². The molecule has 6 nitrogen and oxygen atoms in total. The topological polar surface area (TPSA) is 76.8 Å². The normalized spacial score (nSPS) is 26.2. The van der Waals surface area contributed by atoms with E-state index in [0.717, 1.165) is 37.4 Å². The molecule has 132 valence electrons. The summed E-state index contributed by atoms with van der Waals surface area (Å²) >= 11 is 0. The molecule has 0 radical (unpaired) electrons. The van der Waals surface area contributed by atoms with Crippen molar-refractivity contribution in [3.63, 3.8) is 0 Å². The zero-order chi connectivity index (χ0) is 17.3. The first kappa shape index (κ1) is 17.0. The number of amides is 1. The van der Waals surface area contributed by atoms with E-state index in [9.17, 15) is 4.79 Å². The molecule has 2 aliphatic rings. The summed E-state index contributed by atoms with van der Waals surface area (Å²) in [6.45, 7) is 3.63. The smallest absolute Gasteiger partial charge is 0.220 e. The number of carbonyl (C=O) groups excluding carboxylic acids is 1. The van der Waals surface area contributed by atoms with Crippen molar-refractivity contribution in [2.75, 3.05) is 27.3 Å². The minimum absolute atomic E-state index is 0.0235. The number of ether oxygens (including phenoxy) is 2. The molecule has 1 amide bonds. The van der Waals surface area contributed by atoms with E-state index in [1.165, 1.54) is 11.1 Å². The zero-order valence-corrected chi connectivity index (χ0v) is 14.7. The number of hydrogen-bond acceptors (Lipinski definition) is 5. The number of hydrogen-bond donors (Lipinski definition) is 2. The molecule has 3 N–H and O–H groups in total. The summed E-state index contributed by atoms with van der Waals surface area (Å²) in [6.07, 6.45) is 2.29. The van der Waals surface area contributed by atoms with Crippen molar-refractivity contribution in [3.05, 3.63) is 23.3 Å². The van der Waals surface area contributed by atoms with E-state index in [1.807, 2.05) is 6.92 Å². The first-order chi connectivity index (χ1) is 11.6. The molecule has 2 aliphatic heterocycles. The van der Waals surface area contributed by atoms with Crippen molar-refractivity contribution in [2.24, 2.45) is 5.73 Å². The monoisotopic (exact) mass is 333 g/mol. The Morgan fingerprint density at radius 1 is 1.33 bits per heavy atom. The fourth-order valence-electron chi connectivity index (χ4n) is 3.85. The Labute approximate surface area is 143 Å². The maximum atomic E-state index is 11.7. The van der Waals surface area contributed by atoms with E-state index in [4.69, 9.17) is 15.2 Å². The third kappa shape index (κ3) is 3.08. The highest BCUT2D eigenvalue weighted by Gasteiger charge is 2.38. The summed E-state index contributed by atoms with van der Waals surface area (Å²) in [5.41, 5.74) is 8.95. The average Bonchev–Trinajstić information content (AvgIpc) is 2.60. The Bertz CT molecular complexity index is 620. The van der Waals surface area contributed by atoms with Crippen LogP contribution in [0.1, 0.15) is 36.9 Å². The number of carbonyl (C=O) groups is 1. The average molecular weight is 333 g/mol. The van der Waals surface area contributed by atoms with E-state index < -0.39 is 0 Å². The lowest BCUT2D eigenvalue weighted by Gasteiger charge is -2.46. The van der Waals surface area contributed by atoms with E-state index in [1.54, 1.807) is 14.2 Å². The van der Waals surface area contributed by atoms with Crippen LogP contribution in [0.5, 0.6) is 11.5 Å². The van der Waals surface area contributed by atoms with Gasteiger partial charge in [0.05, 0.1) is 20.3 Å². The lowest BCUT2D eigenvalue weighted by Crippen LogP contribution is -2.59. The van der Waals surface area contributed by atoms with Gasteiger partial charge in [-0.1, -0.05) is 6.92 Å². The summed E-state index contributed by atoms with van der Waals surface area (Å²) in [7, 11) is 3.32. The number of piperidine rings is 1. The number of nitrogens with zero attached hydrogens (tertiary/aromatic N) is 1. The Morgan fingerprint density at radius 3 is 2.71 bits per heavy atom. The minimum Gasteiger partial charge on any atom is -0.493 e. The molecule has 3 unspecified atom stereocenters. The Kier molecular flexibility index (Phi) is 4.96. The van der Waals surface area contributed by atoms with Gasteiger partial charge in [0.15, 0.2) is 11.5 Å². The second kappa shape index (κ2) is 6.99. The number of fused-ring (bicyclic) bond motifs is 3. The molecule has 0 aliphatic carbocycles. The van der Waals surface area contributed by atoms with Crippen LogP contribution < -0.4 is 20.5 Å². The van der Waals surface area contributed by atoms with Crippen LogP contribution in [-0.4, -0.2) is 50.2 Å². The van der Waals surface area contributed by atoms with Crippen LogP contribution in [0.15, 0.2) is 12.1 Å². The van der Waals surface area contributed by atoms with Gasteiger partial charge >= 0.3 is 0 Å². The van der Waals surface area contributed by atoms with Crippen LogP contribution >= 0.6 is 0 Å². The first-order valence-corrected chi connectivity index (χ1v) is 8.61. The van der Waals surface area contributed by atoms with E-state index in [2.05, 4.69) is 22.3 Å². The van der Waals surface area contributed by atoms with Crippen LogP contribution in [-0.2, 0) is 11.2 Å². The number of benzene rings is 1. The van der Waals surface area contributed by atoms with Crippen molar-refractivity contribution in [1.82, 2.24) is 10.2 Å². The zero-order valence-electron chi connectivity index (χ0n) is 14.7. The molecule has 1 fully saturated rings. The summed E-state index contributed by atoms with van der Waals surface area (Å²) in [5.74, 6) is 1.60. The SMILES string of the molecule is CCC(=O)NC1CN2CCc3cc(OC)c(OC)cc3C2CC1N. The van der Waals surface area contributed by atoms with Crippen molar-refractivity contribution >= 4 is 5.91 Å². The molecular weight excluding hydrogens is 306 g/mol. The molecular formula is C18H27N3O3. The molecule has 1 saturated heterocycles. The molecule has 1 aromatic rings. The van der Waals surface area contributed by atoms with Gasteiger partial charge in [-0.2, -0.15) is 0 Å². The summed E-state index contributed by atoms with van der Waals surface area (Å²) in [6, 6.07) is 4.43. The quantitative estimate of drug-likeness (QED) is 0.867. The number of nitrogens with two attached hydrogens (primary N) is 1. The highest BCUT2D eigenvalue weighted by atomic mass is 16.5. The first-order valence-electron chi connectivity index (χ1n) is 8.61. The highest BCUT2D eigenvalue weighted by Crippen LogP contribution is 2.41. The largest absolute Gasteiger partial charge is 0.493 e. The molecule has 0 bridgehead atoms.